The molecule has 0 bridgehead atoms. The zero-order chi connectivity index (χ0) is 13.9. The van der Waals surface area contributed by atoms with Crippen molar-refractivity contribution in [2.24, 2.45) is 0 Å². The maximum absolute atomic E-state index is 6.07. The molecule has 0 radical (unpaired) electrons. The largest absolute Gasteiger partial charge is 0.496 e. The van der Waals surface area contributed by atoms with Gasteiger partial charge in [-0.3, -0.25) is 4.98 Å². The molecule has 1 aromatic carbocycles. The Kier molecular flexibility index (Phi) is 3.85. The maximum Gasteiger partial charge on any atom is 0.128 e. The third-order valence-corrected chi connectivity index (χ3v) is 3.74. The number of nitrogens with zero attached hydrogens (tertiary/aromatic N) is 2. The number of hydrogen-bond acceptors (Lipinski definition) is 4. The summed E-state index contributed by atoms with van der Waals surface area (Å²) in [5, 5.41) is 4.09. The SMILES string of the molecule is COc1ccc(Cl)cc1-c1cncc(C2CCCN2)n1. The lowest BCUT2D eigenvalue weighted by atomic mass is 10.1. The van der Waals surface area contributed by atoms with Crippen molar-refractivity contribution in [2.75, 3.05) is 13.7 Å². The van der Waals surface area contributed by atoms with Crippen molar-refractivity contribution in [3.63, 3.8) is 0 Å². The molecule has 0 amide bonds. The van der Waals surface area contributed by atoms with Crippen LogP contribution in [0.25, 0.3) is 11.3 Å². The van der Waals surface area contributed by atoms with Crippen LogP contribution < -0.4 is 10.1 Å². The molecule has 5 heteroatoms. The third-order valence-electron chi connectivity index (χ3n) is 3.51. The van der Waals surface area contributed by atoms with Gasteiger partial charge >= 0.3 is 0 Å². The minimum atomic E-state index is 0.299. The first-order chi connectivity index (χ1) is 9.78. The average molecular weight is 290 g/mol. The van der Waals surface area contributed by atoms with E-state index in [0.29, 0.717) is 11.1 Å². The van der Waals surface area contributed by atoms with E-state index in [2.05, 4.69) is 10.3 Å². The molecule has 1 fully saturated rings. The lowest BCUT2D eigenvalue weighted by Gasteiger charge is -2.12. The molecule has 2 heterocycles. The number of rotatable bonds is 3. The van der Waals surface area contributed by atoms with Gasteiger partial charge in [-0.15, -0.1) is 0 Å². The van der Waals surface area contributed by atoms with Crippen molar-refractivity contribution in [1.29, 1.82) is 0 Å². The molecule has 0 spiro atoms. The first-order valence-electron chi connectivity index (χ1n) is 6.67. The zero-order valence-electron chi connectivity index (χ0n) is 11.3. The number of halogens is 1. The summed E-state index contributed by atoms with van der Waals surface area (Å²) in [6.45, 7) is 1.04. The van der Waals surface area contributed by atoms with E-state index in [-0.39, 0.29) is 0 Å². The molecule has 1 aromatic heterocycles. The first-order valence-corrected chi connectivity index (χ1v) is 7.05. The summed E-state index contributed by atoms with van der Waals surface area (Å²) < 4.78 is 5.38. The van der Waals surface area contributed by atoms with Gasteiger partial charge in [-0.25, -0.2) is 4.98 Å². The van der Waals surface area contributed by atoms with Crippen LogP contribution in [0.1, 0.15) is 24.6 Å². The van der Waals surface area contributed by atoms with Crippen LogP contribution >= 0.6 is 11.6 Å². The summed E-state index contributed by atoms with van der Waals surface area (Å²) in [5.74, 6) is 0.750. The Morgan fingerprint density at radius 3 is 3.00 bits per heavy atom. The van der Waals surface area contributed by atoms with E-state index in [1.165, 1.54) is 6.42 Å². The molecule has 1 saturated heterocycles. The van der Waals surface area contributed by atoms with Gasteiger partial charge in [0.1, 0.15) is 5.75 Å². The quantitative estimate of drug-likeness (QED) is 0.942. The highest BCUT2D eigenvalue weighted by Crippen LogP contribution is 2.32. The summed E-state index contributed by atoms with van der Waals surface area (Å²) in [4.78, 5) is 9.02. The molecule has 1 N–H and O–H groups in total. The molecule has 20 heavy (non-hydrogen) atoms. The molecule has 1 aliphatic rings. The lowest BCUT2D eigenvalue weighted by molar-refractivity contribution is 0.416. The molecule has 104 valence electrons. The number of nitrogens with one attached hydrogen (secondary N) is 1. The van der Waals surface area contributed by atoms with Crippen molar-refractivity contribution in [1.82, 2.24) is 15.3 Å². The van der Waals surface area contributed by atoms with Crippen LogP contribution in [0.4, 0.5) is 0 Å². The minimum Gasteiger partial charge on any atom is -0.496 e. The van der Waals surface area contributed by atoms with Gasteiger partial charge in [0.15, 0.2) is 0 Å². The Balaban J connectivity index is 2.01. The second-order valence-corrected chi connectivity index (χ2v) is 5.26. The van der Waals surface area contributed by atoms with Crippen LogP contribution in [0.3, 0.4) is 0 Å². The van der Waals surface area contributed by atoms with E-state index < -0.39 is 0 Å². The molecule has 0 aliphatic carbocycles. The summed E-state index contributed by atoms with van der Waals surface area (Å²) in [5.41, 5.74) is 2.63. The highest BCUT2D eigenvalue weighted by Gasteiger charge is 2.19. The molecule has 1 aliphatic heterocycles. The number of aromatic nitrogens is 2. The van der Waals surface area contributed by atoms with Crippen LogP contribution in [0.15, 0.2) is 30.6 Å². The standard InChI is InChI=1S/C15H16ClN3O/c1-20-15-5-4-10(16)7-11(15)13-8-17-9-14(19-13)12-3-2-6-18-12/h4-5,7-9,12,18H,2-3,6H2,1H3. The van der Waals surface area contributed by atoms with E-state index in [4.69, 9.17) is 21.3 Å². The first kappa shape index (κ1) is 13.3. The molecule has 4 nitrogen and oxygen atoms in total. The van der Waals surface area contributed by atoms with Crippen molar-refractivity contribution in [2.45, 2.75) is 18.9 Å². The number of methoxy groups -OCH3 is 1. The maximum atomic E-state index is 6.07. The van der Waals surface area contributed by atoms with E-state index in [1.807, 2.05) is 18.3 Å². The molecule has 0 saturated carbocycles. The van der Waals surface area contributed by atoms with E-state index in [1.54, 1.807) is 19.4 Å². The predicted octanol–water partition coefficient (Wildman–Crippen LogP) is 3.23. The smallest absolute Gasteiger partial charge is 0.128 e. The Bertz CT molecular complexity index is 612. The van der Waals surface area contributed by atoms with Gasteiger partial charge < -0.3 is 10.1 Å². The van der Waals surface area contributed by atoms with E-state index in [9.17, 15) is 0 Å². The molecule has 1 atom stereocenters. The van der Waals surface area contributed by atoms with Gasteiger partial charge in [0.2, 0.25) is 0 Å². The van der Waals surface area contributed by atoms with Gasteiger partial charge in [0.05, 0.1) is 36.9 Å². The normalized spacial score (nSPS) is 18.2. The molecular weight excluding hydrogens is 274 g/mol. The second kappa shape index (κ2) is 5.77. The third kappa shape index (κ3) is 2.62. The van der Waals surface area contributed by atoms with Gasteiger partial charge in [-0.2, -0.15) is 0 Å². The highest BCUT2D eigenvalue weighted by molar-refractivity contribution is 6.30. The van der Waals surface area contributed by atoms with E-state index >= 15 is 0 Å². The fourth-order valence-electron chi connectivity index (χ4n) is 2.50. The van der Waals surface area contributed by atoms with E-state index in [0.717, 1.165) is 35.7 Å². The summed E-state index contributed by atoms with van der Waals surface area (Å²) in [6.07, 6.45) is 5.85. The molecular formula is C15H16ClN3O. The van der Waals surface area contributed by atoms with Crippen molar-refractivity contribution in [3.8, 4) is 17.0 Å². The van der Waals surface area contributed by atoms with Gasteiger partial charge in [-0.05, 0) is 37.6 Å². The lowest BCUT2D eigenvalue weighted by Crippen LogP contribution is -2.14. The monoisotopic (exact) mass is 289 g/mol. The number of hydrogen-bond donors (Lipinski definition) is 1. The topological polar surface area (TPSA) is 47.0 Å². The Hall–Kier alpha value is -1.65. The number of benzene rings is 1. The van der Waals surface area contributed by atoms with Crippen molar-refractivity contribution in [3.05, 3.63) is 41.3 Å². The predicted molar refractivity (Wildman–Crippen MR) is 79.0 cm³/mol. The van der Waals surface area contributed by atoms with Crippen LogP contribution in [0, 0.1) is 0 Å². The van der Waals surface area contributed by atoms with Gasteiger partial charge in [0, 0.05) is 10.6 Å². The Morgan fingerprint density at radius 1 is 1.35 bits per heavy atom. The fourth-order valence-corrected chi connectivity index (χ4v) is 2.67. The van der Waals surface area contributed by atoms with Crippen LogP contribution in [0.2, 0.25) is 5.02 Å². The fraction of sp³-hybridized carbons (Fsp3) is 0.333. The van der Waals surface area contributed by atoms with Gasteiger partial charge in [0.25, 0.3) is 0 Å². The van der Waals surface area contributed by atoms with Crippen LogP contribution in [0.5, 0.6) is 5.75 Å². The summed E-state index contributed by atoms with van der Waals surface area (Å²) in [6, 6.07) is 5.81. The van der Waals surface area contributed by atoms with Crippen molar-refractivity contribution >= 4 is 11.6 Å². The zero-order valence-corrected chi connectivity index (χ0v) is 12.0. The number of ether oxygens (including phenoxy) is 1. The summed E-state index contributed by atoms with van der Waals surface area (Å²) in [7, 11) is 1.64. The molecule has 2 aromatic rings. The molecule has 1 unspecified atom stereocenters. The second-order valence-electron chi connectivity index (χ2n) is 4.82. The molecule has 3 rings (SSSR count). The Morgan fingerprint density at radius 2 is 2.25 bits per heavy atom. The Labute approximate surface area is 123 Å². The minimum absolute atomic E-state index is 0.299. The highest BCUT2D eigenvalue weighted by atomic mass is 35.5. The van der Waals surface area contributed by atoms with Crippen LogP contribution in [-0.2, 0) is 0 Å². The summed E-state index contributed by atoms with van der Waals surface area (Å²) >= 11 is 6.07. The van der Waals surface area contributed by atoms with Crippen molar-refractivity contribution < 1.29 is 4.74 Å². The average Bonchev–Trinajstić information content (AvgIpc) is 3.01. The van der Waals surface area contributed by atoms with Crippen LogP contribution in [-0.4, -0.2) is 23.6 Å². The van der Waals surface area contributed by atoms with Gasteiger partial charge in [-0.1, -0.05) is 11.6 Å².